The van der Waals surface area contributed by atoms with Gasteiger partial charge >= 0.3 is 12.1 Å². The van der Waals surface area contributed by atoms with E-state index >= 15 is 0 Å². The highest BCUT2D eigenvalue weighted by Crippen LogP contribution is 2.33. The number of nitrogens with zero attached hydrogens (tertiary/aromatic N) is 1. The molecule has 2 aromatic rings. The molecule has 0 amide bonds. The lowest BCUT2D eigenvalue weighted by atomic mass is 10.1. The van der Waals surface area contributed by atoms with Crippen LogP contribution >= 0.6 is 0 Å². The molecule has 114 valence electrons. The molecule has 0 aliphatic rings. The van der Waals surface area contributed by atoms with Gasteiger partial charge in [-0.15, -0.1) is 0 Å². The van der Waals surface area contributed by atoms with E-state index in [0.29, 0.717) is 10.9 Å². The molecule has 1 aromatic heterocycles. The van der Waals surface area contributed by atoms with Crippen molar-refractivity contribution in [1.82, 2.24) is 4.73 Å². The Labute approximate surface area is 119 Å². The van der Waals surface area contributed by atoms with E-state index in [9.17, 15) is 18.0 Å². The summed E-state index contributed by atoms with van der Waals surface area (Å²) in [5, 5.41) is 0.507. The molecule has 0 aliphatic heterocycles. The first kappa shape index (κ1) is 15.2. The van der Waals surface area contributed by atoms with Crippen LogP contribution in [0.2, 0.25) is 0 Å². The van der Waals surface area contributed by atoms with Crippen LogP contribution in [-0.4, -0.2) is 24.4 Å². The summed E-state index contributed by atoms with van der Waals surface area (Å²) >= 11 is 0. The zero-order valence-electron chi connectivity index (χ0n) is 11.7. The van der Waals surface area contributed by atoms with Crippen LogP contribution < -0.4 is 4.84 Å². The number of esters is 1. The maximum absolute atomic E-state index is 12.8. The third kappa shape index (κ3) is 2.55. The van der Waals surface area contributed by atoms with Gasteiger partial charge in [0.15, 0.2) is 5.69 Å². The van der Waals surface area contributed by atoms with Gasteiger partial charge in [0.2, 0.25) is 0 Å². The van der Waals surface area contributed by atoms with Crippen LogP contribution in [0.4, 0.5) is 13.2 Å². The topological polar surface area (TPSA) is 40.5 Å². The molecule has 1 heterocycles. The molecule has 2 rings (SSSR count). The van der Waals surface area contributed by atoms with Crippen molar-refractivity contribution in [2.75, 3.05) is 13.7 Å². The first-order valence-corrected chi connectivity index (χ1v) is 6.25. The summed E-state index contributed by atoms with van der Waals surface area (Å²) in [6, 6.07) is 3.25. The molecule has 0 saturated heterocycles. The normalized spacial score (nSPS) is 11.7. The minimum Gasteiger partial charge on any atom is -0.461 e. The Morgan fingerprint density at radius 2 is 2.00 bits per heavy atom. The Morgan fingerprint density at radius 3 is 2.52 bits per heavy atom. The monoisotopic (exact) mass is 301 g/mol. The second-order valence-electron chi connectivity index (χ2n) is 4.40. The summed E-state index contributed by atoms with van der Waals surface area (Å²) in [5.74, 6) is -0.637. The van der Waals surface area contributed by atoms with E-state index in [2.05, 4.69) is 0 Å². The molecule has 7 heteroatoms. The van der Waals surface area contributed by atoms with E-state index in [1.165, 1.54) is 13.2 Å². The van der Waals surface area contributed by atoms with E-state index in [1.807, 2.05) is 0 Å². The zero-order chi connectivity index (χ0) is 15.8. The van der Waals surface area contributed by atoms with Crippen LogP contribution in [0.3, 0.4) is 0 Å². The van der Waals surface area contributed by atoms with Gasteiger partial charge in [-0.25, -0.2) is 4.79 Å². The number of rotatable bonds is 3. The Bertz CT molecular complexity index is 689. The van der Waals surface area contributed by atoms with Gasteiger partial charge in [-0.05, 0) is 31.5 Å². The lowest BCUT2D eigenvalue weighted by Crippen LogP contribution is -2.17. The fourth-order valence-electron chi connectivity index (χ4n) is 2.22. The Balaban J connectivity index is 2.72. The van der Waals surface area contributed by atoms with Gasteiger partial charge < -0.3 is 9.57 Å². The summed E-state index contributed by atoms with van der Waals surface area (Å²) in [6.07, 6.45) is -4.46. The van der Waals surface area contributed by atoms with Crippen LogP contribution in [0.15, 0.2) is 18.2 Å². The smallest absolute Gasteiger partial charge is 0.416 e. The highest BCUT2D eigenvalue weighted by Gasteiger charge is 2.32. The number of alkyl halides is 3. The van der Waals surface area contributed by atoms with Crippen LogP contribution in [0, 0.1) is 6.92 Å². The molecule has 0 radical (unpaired) electrons. The van der Waals surface area contributed by atoms with E-state index in [-0.39, 0.29) is 17.8 Å². The lowest BCUT2D eigenvalue weighted by Gasteiger charge is -2.09. The fourth-order valence-corrected chi connectivity index (χ4v) is 2.22. The van der Waals surface area contributed by atoms with Crippen LogP contribution in [0.5, 0.6) is 0 Å². The third-order valence-electron chi connectivity index (χ3n) is 3.16. The van der Waals surface area contributed by atoms with Crippen LogP contribution in [0.1, 0.15) is 28.5 Å². The standard InChI is InChI=1S/C14H14F3NO3/c1-4-21-13(19)12-8(2)10-6-5-9(14(15,16)17)7-11(10)18(12)20-3/h5-7H,4H2,1-3H3. The summed E-state index contributed by atoms with van der Waals surface area (Å²) in [4.78, 5) is 17.0. The average Bonchev–Trinajstić information content (AvgIpc) is 2.70. The quantitative estimate of drug-likeness (QED) is 0.817. The number of carbonyl (C=O) groups is 1. The second-order valence-corrected chi connectivity index (χ2v) is 4.40. The largest absolute Gasteiger partial charge is 0.461 e. The summed E-state index contributed by atoms with van der Waals surface area (Å²) in [7, 11) is 1.28. The Hall–Kier alpha value is -2.18. The van der Waals surface area contributed by atoms with Gasteiger partial charge in [0.1, 0.15) is 7.11 Å². The van der Waals surface area contributed by atoms with E-state index in [4.69, 9.17) is 9.57 Å². The number of aromatic nitrogens is 1. The number of hydrogen-bond donors (Lipinski definition) is 0. The van der Waals surface area contributed by atoms with Crippen molar-refractivity contribution in [2.24, 2.45) is 0 Å². The first-order chi connectivity index (χ1) is 9.81. The van der Waals surface area contributed by atoms with Crippen molar-refractivity contribution in [1.29, 1.82) is 0 Å². The number of ether oxygens (including phenoxy) is 1. The summed E-state index contributed by atoms with van der Waals surface area (Å²) < 4.78 is 44.4. The number of fused-ring (bicyclic) bond motifs is 1. The number of carbonyl (C=O) groups excluding carboxylic acids is 1. The number of aryl methyl sites for hydroxylation is 1. The predicted molar refractivity (Wildman–Crippen MR) is 70.1 cm³/mol. The molecule has 4 nitrogen and oxygen atoms in total. The minimum absolute atomic E-state index is 0.0914. The SMILES string of the molecule is CCOC(=O)c1c(C)c2ccc(C(F)(F)F)cc2n1OC. The van der Waals surface area contributed by atoms with Crippen LogP contribution in [-0.2, 0) is 10.9 Å². The molecule has 0 bridgehead atoms. The van der Waals surface area contributed by atoms with Gasteiger partial charge in [0.05, 0.1) is 17.7 Å². The lowest BCUT2D eigenvalue weighted by molar-refractivity contribution is -0.137. The van der Waals surface area contributed by atoms with Gasteiger partial charge in [-0.1, -0.05) is 6.07 Å². The molecule has 21 heavy (non-hydrogen) atoms. The van der Waals surface area contributed by atoms with E-state index in [0.717, 1.165) is 16.9 Å². The van der Waals surface area contributed by atoms with Crippen molar-refractivity contribution < 1.29 is 27.5 Å². The molecule has 0 aliphatic carbocycles. The maximum Gasteiger partial charge on any atom is 0.416 e. The predicted octanol–water partition coefficient (Wildman–Crippen LogP) is 3.20. The highest BCUT2D eigenvalue weighted by molar-refractivity contribution is 5.98. The molecule has 0 atom stereocenters. The summed E-state index contributed by atoms with van der Waals surface area (Å²) in [6.45, 7) is 3.45. The van der Waals surface area contributed by atoms with E-state index in [1.54, 1.807) is 13.8 Å². The van der Waals surface area contributed by atoms with Crippen molar-refractivity contribution >= 4 is 16.9 Å². The molecular weight excluding hydrogens is 287 g/mol. The molecule has 0 saturated carbocycles. The van der Waals surface area contributed by atoms with Gasteiger partial charge in [0, 0.05) is 5.39 Å². The molecule has 1 aromatic carbocycles. The summed E-state index contributed by atoms with van der Waals surface area (Å²) in [5.41, 5.74) is -0.0261. The Kier molecular flexibility index (Phi) is 3.85. The molecule has 0 N–H and O–H groups in total. The van der Waals surface area contributed by atoms with Crippen LogP contribution in [0.25, 0.3) is 10.9 Å². The van der Waals surface area contributed by atoms with Crippen molar-refractivity contribution in [3.8, 4) is 0 Å². The minimum atomic E-state index is -4.46. The van der Waals surface area contributed by atoms with E-state index < -0.39 is 17.7 Å². The third-order valence-corrected chi connectivity index (χ3v) is 3.16. The van der Waals surface area contributed by atoms with Crippen molar-refractivity contribution in [3.05, 3.63) is 35.0 Å². The fraction of sp³-hybridized carbons (Fsp3) is 0.357. The molecule has 0 spiro atoms. The molecule has 0 unspecified atom stereocenters. The second kappa shape index (κ2) is 5.31. The maximum atomic E-state index is 12.8. The number of benzene rings is 1. The Morgan fingerprint density at radius 1 is 1.33 bits per heavy atom. The van der Waals surface area contributed by atoms with Crippen molar-refractivity contribution in [2.45, 2.75) is 20.0 Å². The van der Waals surface area contributed by atoms with Crippen molar-refractivity contribution in [3.63, 3.8) is 0 Å². The number of hydrogen-bond acceptors (Lipinski definition) is 3. The van der Waals surface area contributed by atoms with Gasteiger partial charge in [-0.3, -0.25) is 0 Å². The number of halogens is 3. The van der Waals surface area contributed by atoms with Gasteiger partial charge in [0.25, 0.3) is 0 Å². The molecular formula is C14H14F3NO3. The molecule has 0 fully saturated rings. The van der Waals surface area contributed by atoms with Gasteiger partial charge in [-0.2, -0.15) is 17.9 Å². The first-order valence-electron chi connectivity index (χ1n) is 6.25. The highest BCUT2D eigenvalue weighted by atomic mass is 19.4. The zero-order valence-corrected chi connectivity index (χ0v) is 11.7. The average molecular weight is 301 g/mol.